The third kappa shape index (κ3) is 8.48. The fraction of sp³-hybridized carbons (Fsp3) is 0.533. The molecule has 0 fully saturated rings. The molecule has 0 aliphatic carbocycles. The van der Waals surface area contributed by atoms with Gasteiger partial charge in [0.1, 0.15) is 5.82 Å². The topological polar surface area (TPSA) is 67.6 Å². The molecule has 1 rings (SSSR count). The zero-order chi connectivity index (χ0) is 15.8. The molecule has 0 aliphatic heterocycles. The highest BCUT2D eigenvalue weighted by Gasteiger charge is 2.17. The lowest BCUT2D eigenvalue weighted by atomic mass is 10.1. The number of nitrogens with one attached hydrogen (secondary N) is 1. The van der Waals surface area contributed by atoms with Gasteiger partial charge in [0, 0.05) is 20.2 Å². The van der Waals surface area contributed by atoms with Gasteiger partial charge in [0.25, 0.3) is 0 Å². The van der Waals surface area contributed by atoms with Crippen LogP contribution >= 0.6 is 24.8 Å². The maximum atomic E-state index is 13.0. The van der Waals surface area contributed by atoms with E-state index in [9.17, 15) is 9.18 Å². The standard InChI is InChI=1S/C15H24FN3O2.2ClH/c1-19(2)14(11-4-6-12(16)7-5-11)10-18-15(20)8-13(9-17)21-3;;/h4-7,13-14H,8-10,17H2,1-3H3,(H,18,20);2*1H. The van der Waals surface area contributed by atoms with Gasteiger partial charge in [0.05, 0.1) is 18.6 Å². The van der Waals surface area contributed by atoms with Crippen LogP contribution in [0.3, 0.4) is 0 Å². The van der Waals surface area contributed by atoms with Crippen LogP contribution in [0.15, 0.2) is 24.3 Å². The van der Waals surface area contributed by atoms with Crippen molar-refractivity contribution in [3.63, 3.8) is 0 Å². The molecule has 0 heterocycles. The van der Waals surface area contributed by atoms with E-state index in [2.05, 4.69) is 5.32 Å². The van der Waals surface area contributed by atoms with Gasteiger partial charge in [0.15, 0.2) is 0 Å². The summed E-state index contributed by atoms with van der Waals surface area (Å²) >= 11 is 0. The lowest BCUT2D eigenvalue weighted by Crippen LogP contribution is -2.37. The number of methoxy groups -OCH3 is 1. The number of nitrogens with two attached hydrogens (primary N) is 1. The van der Waals surface area contributed by atoms with Gasteiger partial charge in [-0.3, -0.25) is 4.79 Å². The van der Waals surface area contributed by atoms with Crippen LogP contribution < -0.4 is 11.1 Å². The molecule has 0 bridgehead atoms. The number of benzene rings is 1. The van der Waals surface area contributed by atoms with Crippen LogP contribution in [0.1, 0.15) is 18.0 Å². The number of hydrogen-bond donors (Lipinski definition) is 2. The van der Waals surface area contributed by atoms with Crippen molar-refractivity contribution in [3.05, 3.63) is 35.6 Å². The van der Waals surface area contributed by atoms with Crippen molar-refractivity contribution < 1.29 is 13.9 Å². The second kappa shape index (κ2) is 12.5. The Morgan fingerprint density at radius 3 is 2.30 bits per heavy atom. The molecule has 3 N–H and O–H groups in total. The molecule has 0 saturated carbocycles. The van der Waals surface area contributed by atoms with Crippen LogP contribution in [-0.4, -0.2) is 51.2 Å². The van der Waals surface area contributed by atoms with Crippen molar-refractivity contribution in [2.45, 2.75) is 18.6 Å². The van der Waals surface area contributed by atoms with E-state index in [1.165, 1.54) is 19.2 Å². The molecule has 0 spiro atoms. The molecule has 134 valence electrons. The Hall–Kier alpha value is -0.920. The fourth-order valence-corrected chi connectivity index (χ4v) is 2.04. The van der Waals surface area contributed by atoms with Gasteiger partial charge in [-0.05, 0) is 31.8 Å². The molecule has 1 aromatic carbocycles. The second-order valence-corrected chi connectivity index (χ2v) is 5.13. The summed E-state index contributed by atoms with van der Waals surface area (Å²) in [5.74, 6) is -0.382. The number of hydrogen-bond acceptors (Lipinski definition) is 4. The number of carbonyl (C=O) groups excluding carboxylic acids is 1. The van der Waals surface area contributed by atoms with Crippen molar-refractivity contribution >= 4 is 30.7 Å². The third-order valence-corrected chi connectivity index (χ3v) is 3.38. The van der Waals surface area contributed by atoms with Gasteiger partial charge in [-0.1, -0.05) is 12.1 Å². The first-order chi connectivity index (χ1) is 9.97. The number of likely N-dealkylation sites (N-methyl/N-ethyl adjacent to an activating group) is 1. The smallest absolute Gasteiger partial charge is 0.222 e. The van der Waals surface area contributed by atoms with E-state index >= 15 is 0 Å². The predicted octanol–water partition coefficient (Wildman–Crippen LogP) is 1.75. The van der Waals surface area contributed by atoms with Gasteiger partial charge >= 0.3 is 0 Å². The molecule has 2 unspecified atom stereocenters. The summed E-state index contributed by atoms with van der Waals surface area (Å²) in [6.07, 6.45) is -0.0371. The minimum Gasteiger partial charge on any atom is -0.380 e. The van der Waals surface area contributed by atoms with E-state index in [1.807, 2.05) is 19.0 Å². The summed E-state index contributed by atoms with van der Waals surface area (Å²) in [5, 5.41) is 2.87. The molecule has 1 amide bonds. The Balaban J connectivity index is 0. The number of halogens is 3. The van der Waals surface area contributed by atoms with Crippen LogP contribution in [0, 0.1) is 5.82 Å². The Morgan fingerprint density at radius 2 is 1.87 bits per heavy atom. The third-order valence-electron chi connectivity index (χ3n) is 3.38. The maximum Gasteiger partial charge on any atom is 0.222 e. The molecule has 0 radical (unpaired) electrons. The Labute approximate surface area is 149 Å². The van der Waals surface area contributed by atoms with E-state index in [0.717, 1.165) is 5.56 Å². The van der Waals surface area contributed by atoms with Gasteiger partial charge in [-0.2, -0.15) is 0 Å². The molecule has 2 atom stereocenters. The second-order valence-electron chi connectivity index (χ2n) is 5.13. The van der Waals surface area contributed by atoms with Crippen molar-refractivity contribution in [1.29, 1.82) is 0 Å². The molecule has 1 aromatic rings. The van der Waals surface area contributed by atoms with E-state index in [-0.39, 0.29) is 55.1 Å². The average Bonchev–Trinajstić information content (AvgIpc) is 2.46. The highest BCUT2D eigenvalue weighted by molar-refractivity contribution is 5.85. The van der Waals surface area contributed by atoms with E-state index < -0.39 is 0 Å². The Kier molecular flexibility index (Phi) is 13.2. The summed E-state index contributed by atoms with van der Waals surface area (Å²) < 4.78 is 18.1. The largest absolute Gasteiger partial charge is 0.380 e. The maximum absolute atomic E-state index is 13.0. The van der Waals surface area contributed by atoms with Gasteiger partial charge in [0.2, 0.25) is 5.91 Å². The first kappa shape index (κ1) is 24.3. The molecule has 23 heavy (non-hydrogen) atoms. The minimum absolute atomic E-state index is 0. The molecular formula is C15H26Cl2FN3O2. The zero-order valence-corrected chi connectivity index (χ0v) is 15.3. The number of rotatable bonds is 8. The van der Waals surface area contributed by atoms with Crippen molar-refractivity contribution in [2.24, 2.45) is 5.73 Å². The highest BCUT2D eigenvalue weighted by atomic mass is 35.5. The van der Waals surface area contributed by atoms with Crippen LogP contribution in [0.5, 0.6) is 0 Å². The first-order valence-corrected chi connectivity index (χ1v) is 6.89. The highest BCUT2D eigenvalue weighted by Crippen LogP contribution is 2.17. The van der Waals surface area contributed by atoms with E-state index in [4.69, 9.17) is 10.5 Å². The molecular weight excluding hydrogens is 344 g/mol. The fourth-order valence-electron chi connectivity index (χ4n) is 2.04. The van der Waals surface area contributed by atoms with Crippen molar-refractivity contribution in [2.75, 3.05) is 34.3 Å². The number of ether oxygens (including phenoxy) is 1. The monoisotopic (exact) mass is 369 g/mol. The van der Waals surface area contributed by atoms with Crippen LogP contribution in [0.4, 0.5) is 4.39 Å². The summed E-state index contributed by atoms with van der Waals surface area (Å²) in [6.45, 7) is 0.747. The lowest BCUT2D eigenvalue weighted by Gasteiger charge is -2.25. The molecule has 8 heteroatoms. The summed E-state index contributed by atoms with van der Waals surface area (Å²) in [5.41, 5.74) is 6.44. The van der Waals surface area contributed by atoms with Crippen LogP contribution in [0.2, 0.25) is 0 Å². The van der Waals surface area contributed by atoms with Gasteiger partial charge in [-0.15, -0.1) is 24.8 Å². The quantitative estimate of drug-likeness (QED) is 0.732. The molecule has 0 aliphatic rings. The van der Waals surface area contributed by atoms with Crippen molar-refractivity contribution in [1.82, 2.24) is 10.2 Å². The summed E-state index contributed by atoms with van der Waals surface area (Å²) in [7, 11) is 5.36. The van der Waals surface area contributed by atoms with E-state index in [0.29, 0.717) is 13.1 Å². The SMILES string of the molecule is COC(CN)CC(=O)NCC(c1ccc(F)cc1)N(C)C.Cl.Cl. The Bertz CT molecular complexity index is 443. The average molecular weight is 370 g/mol. The normalized spacial score (nSPS) is 12.8. The lowest BCUT2D eigenvalue weighted by molar-refractivity contribution is -0.123. The first-order valence-electron chi connectivity index (χ1n) is 6.89. The van der Waals surface area contributed by atoms with Gasteiger partial charge in [-0.25, -0.2) is 4.39 Å². The van der Waals surface area contributed by atoms with E-state index in [1.54, 1.807) is 12.1 Å². The summed E-state index contributed by atoms with van der Waals surface area (Å²) in [6, 6.07) is 6.27. The number of carbonyl (C=O) groups is 1. The number of amides is 1. The summed E-state index contributed by atoms with van der Waals surface area (Å²) in [4.78, 5) is 13.8. The molecule has 0 aromatic heterocycles. The number of nitrogens with zero attached hydrogens (tertiary/aromatic N) is 1. The van der Waals surface area contributed by atoms with Crippen LogP contribution in [0.25, 0.3) is 0 Å². The van der Waals surface area contributed by atoms with Gasteiger partial charge < -0.3 is 20.7 Å². The minimum atomic E-state index is -0.272. The molecule has 0 saturated heterocycles. The zero-order valence-electron chi connectivity index (χ0n) is 13.6. The predicted molar refractivity (Wildman–Crippen MR) is 94.8 cm³/mol. The van der Waals surface area contributed by atoms with Crippen LogP contribution in [-0.2, 0) is 9.53 Å². The van der Waals surface area contributed by atoms with Crippen molar-refractivity contribution in [3.8, 4) is 0 Å². The Morgan fingerprint density at radius 1 is 1.30 bits per heavy atom. The molecule has 5 nitrogen and oxygen atoms in total.